The molecule has 0 spiro atoms. The normalized spacial score (nSPS) is 11.1. The van der Waals surface area contributed by atoms with Crippen LogP contribution in [-0.4, -0.2) is 11.7 Å². The largest absolute Gasteiger partial charge is 0.444 e. The van der Waals surface area contributed by atoms with Crippen molar-refractivity contribution in [3.63, 3.8) is 0 Å². The van der Waals surface area contributed by atoms with Crippen LogP contribution in [0.2, 0.25) is 5.02 Å². The van der Waals surface area contributed by atoms with Gasteiger partial charge in [0.1, 0.15) is 5.60 Å². The Balaban J connectivity index is 2.16. The molecule has 1 N–H and O–H groups in total. The number of anilines is 1. The summed E-state index contributed by atoms with van der Waals surface area (Å²) in [5.41, 5.74) is 3.30. The standard InChI is InChI=1S/C18H20ClNO2/c1-12-6-5-7-15(19)16(12)13-8-10-14(11-9-13)20-17(21)22-18(2,3)4/h5-11H,1-4H3,(H,20,21). The van der Waals surface area contributed by atoms with Crippen LogP contribution in [0.1, 0.15) is 26.3 Å². The Bertz CT molecular complexity index is 652. The van der Waals surface area contributed by atoms with Gasteiger partial charge in [-0.1, -0.05) is 35.9 Å². The minimum Gasteiger partial charge on any atom is -0.444 e. The molecule has 0 heterocycles. The lowest BCUT2D eigenvalue weighted by Crippen LogP contribution is -2.27. The summed E-state index contributed by atoms with van der Waals surface area (Å²) in [6, 6.07) is 13.4. The van der Waals surface area contributed by atoms with E-state index in [-0.39, 0.29) is 0 Å². The number of hydrogen-bond acceptors (Lipinski definition) is 2. The van der Waals surface area contributed by atoms with Crippen molar-refractivity contribution in [3.8, 4) is 11.1 Å². The van der Waals surface area contributed by atoms with Crippen LogP contribution in [0.5, 0.6) is 0 Å². The molecular weight excluding hydrogens is 298 g/mol. The van der Waals surface area contributed by atoms with E-state index in [2.05, 4.69) is 5.32 Å². The zero-order valence-electron chi connectivity index (χ0n) is 13.2. The van der Waals surface area contributed by atoms with Crippen LogP contribution in [0, 0.1) is 6.92 Å². The van der Waals surface area contributed by atoms with Crippen LogP contribution in [0.15, 0.2) is 42.5 Å². The summed E-state index contributed by atoms with van der Waals surface area (Å²) in [6.07, 6.45) is -0.464. The van der Waals surface area contributed by atoms with E-state index < -0.39 is 11.7 Å². The van der Waals surface area contributed by atoms with Crippen LogP contribution < -0.4 is 5.32 Å². The number of amides is 1. The third-order valence-electron chi connectivity index (χ3n) is 3.04. The third-order valence-corrected chi connectivity index (χ3v) is 3.36. The van der Waals surface area contributed by atoms with Gasteiger partial charge in [0.15, 0.2) is 0 Å². The first-order valence-electron chi connectivity index (χ1n) is 7.12. The number of aryl methyl sites for hydroxylation is 1. The van der Waals surface area contributed by atoms with Gasteiger partial charge >= 0.3 is 6.09 Å². The first-order valence-corrected chi connectivity index (χ1v) is 7.49. The number of benzene rings is 2. The molecule has 2 aromatic rings. The molecule has 2 aromatic carbocycles. The summed E-state index contributed by atoms with van der Waals surface area (Å²) >= 11 is 6.27. The zero-order valence-corrected chi connectivity index (χ0v) is 14.0. The van der Waals surface area contributed by atoms with Crippen LogP contribution in [0.25, 0.3) is 11.1 Å². The number of carbonyl (C=O) groups is 1. The van der Waals surface area contributed by atoms with Crippen molar-refractivity contribution in [3.05, 3.63) is 53.1 Å². The molecule has 0 radical (unpaired) electrons. The Morgan fingerprint density at radius 2 is 1.73 bits per heavy atom. The van der Waals surface area contributed by atoms with Crippen molar-refractivity contribution in [1.29, 1.82) is 0 Å². The average Bonchev–Trinajstić information content (AvgIpc) is 2.38. The second kappa shape index (κ2) is 6.41. The van der Waals surface area contributed by atoms with E-state index in [9.17, 15) is 4.79 Å². The molecule has 0 bridgehead atoms. The average molecular weight is 318 g/mol. The van der Waals surface area contributed by atoms with Gasteiger partial charge in [0.2, 0.25) is 0 Å². The lowest BCUT2D eigenvalue weighted by atomic mass is 10.0. The van der Waals surface area contributed by atoms with Gasteiger partial charge in [-0.05, 0) is 57.0 Å². The van der Waals surface area contributed by atoms with Gasteiger partial charge in [-0.15, -0.1) is 0 Å². The van der Waals surface area contributed by atoms with E-state index in [4.69, 9.17) is 16.3 Å². The molecule has 0 aromatic heterocycles. The number of nitrogens with one attached hydrogen (secondary N) is 1. The highest BCUT2D eigenvalue weighted by Gasteiger charge is 2.16. The van der Waals surface area contributed by atoms with Crippen molar-refractivity contribution in [2.45, 2.75) is 33.3 Å². The molecule has 2 rings (SSSR count). The molecule has 0 saturated heterocycles. The lowest BCUT2D eigenvalue weighted by Gasteiger charge is -2.19. The highest BCUT2D eigenvalue weighted by molar-refractivity contribution is 6.33. The SMILES string of the molecule is Cc1cccc(Cl)c1-c1ccc(NC(=O)OC(C)(C)C)cc1. The minimum absolute atomic E-state index is 0.464. The predicted octanol–water partition coefficient (Wildman–Crippen LogP) is 5.66. The molecule has 0 atom stereocenters. The van der Waals surface area contributed by atoms with Crippen LogP contribution in [0.3, 0.4) is 0 Å². The number of ether oxygens (including phenoxy) is 1. The van der Waals surface area contributed by atoms with E-state index in [1.54, 1.807) is 0 Å². The molecule has 22 heavy (non-hydrogen) atoms. The predicted molar refractivity (Wildman–Crippen MR) is 91.5 cm³/mol. The molecule has 0 saturated carbocycles. The Hall–Kier alpha value is -2.00. The van der Waals surface area contributed by atoms with E-state index in [1.807, 2.05) is 70.2 Å². The van der Waals surface area contributed by atoms with Gasteiger partial charge < -0.3 is 4.74 Å². The Labute approximate surface area is 136 Å². The molecule has 116 valence electrons. The molecule has 0 aliphatic carbocycles. The topological polar surface area (TPSA) is 38.3 Å². The number of hydrogen-bond donors (Lipinski definition) is 1. The second-order valence-corrected chi connectivity index (χ2v) is 6.54. The van der Waals surface area contributed by atoms with Gasteiger partial charge in [0.05, 0.1) is 0 Å². The summed E-state index contributed by atoms with van der Waals surface area (Å²) < 4.78 is 5.22. The first-order chi connectivity index (χ1) is 10.3. The maximum atomic E-state index is 11.7. The Morgan fingerprint density at radius 1 is 1.09 bits per heavy atom. The summed E-state index contributed by atoms with van der Waals surface area (Å²) in [4.78, 5) is 11.7. The minimum atomic E-state index is -0.515. The molecule has 4 heteroatoms. The van der Waals surface area contributed by atoms with Crippen LogP contribution >= 0.6 is 11.6 Å². The number of rotatable bonds is 2. The summed E-state index contributed by atoms with van der Waals surface area (Å²) in [6.45, 7) is 7.51. The van der Waals surface area contributed by atoms with Gasteiger partial charge in [-0.3, -0.25) is 5.32 Å². The number of halogens is 1. The first kappa shape index (κ1) is 16.4. The van der Waals surface area contributed by atoms with Gasteiger partial charge in [-0.2, -0.15) is 0 Å². The van der Waals surface area contributed by atoms with E-state index in [0.29, 0.717) is 10.7 Å². The van der Waals surface area contributed by atoms with Crippen molar-refractivity contribution in [1.82, 2.24) is 0 Å². The van der Waals surface area contributed by atoms with E-state index >= 15 is 0 Å². The second-order valence-electron chi connectivity index (χ2n) is 6.14. The summed E-state index contributed by atoms with van der Waals surface area (Å²) in [5.74, 6) is 0. The van der Waals surface area contributed by atoms with Gasteiger partial charge in [0.25, 0.3) is 0 Å². The molecule has 3 nitrogen and oxygen atoms in total. The fraction of sp³-hybridized carbons (Fsp3) is 0.278. The van der Waals surface area contributed by atoms with E-state index in [0.717, 1.165) is 16.7 Å². The van der Waals surface area contributed by atoms with E-state index in [1.165, 1.54) is 0 Å². The Morgan fingerprint density at radius 3 is 2.27 bits per heavy atom. The highest BCUT2D eigenvalue weighted by atomic mass is 35.5. The molecule has 0 unspecified atom stereocenters. The lowest BCUT2D eigenvalue weighted by molar-refractivity contribution is 0.0636. The maximum absolute atomic E-state index is 11.7. The Kier molecular flexibility index (Phi) is 4.77. The molecule has 0 aliphatic heterocycles. The number of carbonyl (C=O) groups excluding carboxylic acids is 1. The molecule has 1 amide bonds. The van der Waals surface area contributed by atoms with Crippen molar-refractivity contribution in [2.75, 3.05) is 5.32 Å². The van der Waals surface area contributed by atoms with Crippen LogP contribution in [0.4, 0.5) is 10.5 Å². The monoisotopic (exact) mass is 317 g/mol. The van der Waals surface area contributed by atoms with Crippen molar-refractivity contribution >= 4 is 23.4 Å². The third kappa shape index (κ3) is 4.25. The van der Waals surface area contributed by atoms with Crippen LogP contribution in [-0.2, 0) is 4.74 Å². The van der Waals surface area contributed by atoms with Crippen molar-refractivity contribution < 1.29 is 9.53 Å². The van der Waals surface area contributed by atoms with Gasteiger partial charge in [0, 0.05) is 16.3 Å². The van der Waals surface area contributed by atoms with Crippen molar-refractivity contribution in [2.24, 2.45) is 0 Å². The summed E-state index contributed by atoms with van der Waals surface area (Å²) in [5, 5.41) is 3.43. The zero-order chi connectivity index (χ0) is 16.3. The molecule has 0 fully saturated rings. The smallest absolute Gasteiger partial charge is 0.412 e. The fourth-order valence-electron chi connectivity index (χ4n) is 2.14. The molecular formula is C18H20ClNO2. The maximum Gasteiger partial charge on any atom is 0.412 e. The highest BCUT2D eigenvalue weighted by Crippen LogP contribution is 2.31. The van der Waals surface area contributed by atoms with Gasteiger partial charge in [-0.25, -0.2) is 4.79 Å². The fourth-order valence-corrected chi connectivity index (χ4v) is 2.47. The summed E-state index contributed by atoms with van der Waals surface area (Å²) in [7, 11) is 0. The quantitative estimate of drug-likeness (QED) is 0.775. The molecule has 0 aliphatic rings.